The summed E-state index contributed by atoms with van der Waals surface area (Å²) in [5, 5.41) is 0. The van der Waals surface area contributed by atoms with E-state index in [9.17, 15) is 0 Å². The number of hydrogen-bond donors (Lipinski definition) is 0. The molecule has 0 aromatic heterocycles. The van der Waals surface area contributed by atoms with Crippen LogP contribution < -0.4 is 0 Å². The second kappa shape index (κ2) is 6.23. The molecule has 1 aromatic rings. The first-order chi connectivity index (χ1) is 7.88. The van der Waals surface area contributed by atoms with Crippen LogP contribution in [0.15, 0.2) is 29.2 Å². The Morgan fingerprint density at radius 2 is 2.00 bits per heavy atom. The summed E-state index contributed by atoms with van der Waals surface area (Å²) in [7, 11) is 6.97. The van der Waals surface area contributed by atoms with Crippen molar-refractivity contribution in [3.63, 3.8) is 0 Å². The van der Waals surface area contributed by atoms with Crippen LogP contribution in [-0.2, 0) is 0 Å². The first kappa shape index (κ1) is 11.9. The maximum absolute atomic E-state index is 5.72. The normalized spacial score (nSPS) is 16.6. The quantitative estimate of drug-likeness (QED) is 0.641. The lowest BCUT2D eigenvalue weighted by Gasteiger charge is -2.15. The summed E-state index contributed by atoms with van der Waals surface area (Å²) in [5.74, 6) is 7.27. The first-order valence-electron chi connectivity index (χ1n) is 5.78. The van der Waals surface area contributed by atoms with Gasteiger partial charge >= 0.3 is 0 Å². The van der Waals surface area contributed by atoms with E-state index >= 15 is 0 Å². The van der Waals surface area contributed by atoms with Crippen molar-refractivity contribution in [3.05, 3.63) is 29.8 Å². The lowest BCUT2D eigenvalue weighted by atomic mass is 9.90. The summed E-state index contributed by atoms with van der Waals surface area (Å²) >= 11 is 0. The maximum Gasteiger partial charge on any atom is 0.0256 e. The zero-order valence-electron chi connectivity index (χ0n) is 9.21. The molecule has 1 fully saturated rings. The zero-order chi connectivity index (χ0) is 11.2. The van der Waals surface area contributed by atoms with Crippen molar-refractivity contribution in [1.29, 1.82) is 0 Å². The smallest absolute Gasteiger partial charge is 0.0256 e. The van der Waals surface area contributed by atoms with Crippen molar-refractivity contribution >= 4 is 21.7 Å². The summed E-state index contributed by atoms with van der Waals surface area (Å²) in [5.41, 5.74) is 1.08. The van der Waals surface area contributed by atoms with Crippen LogP contribution in [0.5, 0.6) is 0 Å². The number of benzene rings is 1. The predicted octanol–water partition coefficient (Wildman–Crippen LogP) is 4.86. The molecule has 0 heterocycles. The van der Waals surface area contributed by atoms with Gasteiger partial charge < -0.3 is 0 Å². The van der Waals surface area contributed by atoms with Gasteiger partial charge in [-0.2, -0.15) is 0 Å². The van der Waals surface area contributed by atoms with E-state index in [0.29, 0.717) is 5.92 Å². The van der Waals surface area contributed by atoms with Crippen LogP contribution in [0.25, 0.3) is 0 Å². The van der Waals surface area contributed by atoms with Gasteiger partial charge in [-0.25, -0.2) is 0 Å². The van der Waals surface area contributed by atoms with Gasteiger partial charge in [0.1, 0.15) is 0 Å². The fraction of sp³-hybridized carbons (Fsp3) is 0.429. The molecule has 0 amide bonds. The molecule has 2 rings (SSSR count). The summed E-state index contributed by atoms with van der Waals surface area (Å²) in [6.45, 7) is 0. The van der Waals surface area contributed by atoms with E-state index in [0.717, 1.165) is 10.5 Å². The van der Waals surface area contributed by atoms with E-state index in [1.807, 2.05) is 24.3 Å². The maximum atomic E-state index is 5.72. The molecule has 0 saturated heterocycles. The topological polar surface area (TPSA) is 0 Å². The van der Waals surface area contributed by atoms with Crippen molar-refractivity contribution in [1.82, 2.24) is 0 Å². The molecule has 0 atom stereocenters. The Kier molecular flexibility index (Phi) is 4.63. The SMILES string of the molecule is ClSc1cccc(C#CC2CCCCC2)c1. The largest absolute Gasteiger partial charge is 0.0945 e. The highest BCUT2D eigenvalue weighted by Gasteiger charge is 2.09. The van der Waals surface area contributed by atoms with Crippen LogP contribution in [-0.4, -0.2) is 0 Å². The van der Waals surface area contributed by atoms with Crippen LogP contribution in [0, 0.1) is 17.8 Å². The summed E-state index contributed by atoms with van der Waals surface area (Å²) < 4.78 is 0. The standard InChI is InChI=1S/C14H15ClS/c15-16-14-8-4-7-13(11-14)10-9-12-5-2-1-3-6-12/h4,7-8,11-12H,1-3,5-6H2. The zero-order valence-corrected chi connectivity index (χ0v) is 10.8. The van der Waals surface area contributed by atoms with Crippen molar-refractivity contribution in [2.24, 2.45) is 5.92 Å². The molecule has 0 radical (unpaired) electrons. The second-order valence-corrected chi connectivity index (χ2v) is 5.30. The predicted molar refractivity (Wildman–Crippen MR) is 71.6 cm³/mol. The molecule has 1 aliphatic carbocycles. The van der Waals surface area contributed by atoms with Gasteiger partial charge in [-0.05, 0) is 52.7 Å². The summed E-state index contributed by atoms with van der Waals surface area (Å²) in [4.78, 5) is 1.07. The van der Waals surface area contributed by atoms with Crippen molar-refractivity contribution < 1.29 is 0 Å². The number of hydrogen-bond acceptors (Lipinski definition) is 1. The van der Waals surface area contributed by atoms with E-state index in [1.165, 1.54) is 43.1 Å². The highest BCUT2D eigenvalue weighted by atomic mass is 35.7. The Balaban J connectivity index is 2.04. The van der Waals surface area contributed by atoms with Gasteiger partial charge in [-0.1, -0.05) is 37.2 Å². The molecular weight excluding hydrogens is 236 g/mol. The molecule has 84 valence electrons. The lowest BCUT2D eigenvalue weighted by molar-refractivity contribution is 0.430. The average molecular weight is 251 g/mol. The molecule has 1 saturated carbocycles. The Morgan fingerprint density at radius 3 is 2.75 bits per heavy atom. The van der Waals surface area contributed by atoms with Crippen molar-refractivity contribution in [3.8, 4) is 11.8 Å². The van der Waals surface area contributed by atoms with E-state index in [1.54, 1.807) is 0 Å². The van der Waals surface area contributed by atoms with Crippen LogP contribution in [0.3, 0.4) is 0 Å². The molecule has 0 spiro atoms. The van der Waals surface area contributed by atoms with Crippen LogP contribution in [0.4, 0.5) is 0 Å². The average Bonchev–Trinajstić information content (AvgIpc) is 2.38. The third-order valence-electron chi connectivity index (χ3n) is 2.95. The van der Waals surface area contributed by atoms with E-state index < -0.39 is 0 Å². The minimum atomic E-state index is 0.612. The van der Waals surface area contributed by atoms with Crippen molar-refractivity contribution in [2.75, 3.05) is 0 Å². The van der Waals surface area contributed by atoms with Gasteiger partial charge in [0, 0.05) is 16.4 Å². The number of rotatable bonds is 1. The summed E-state index contributed by atoms with van der Waals surface area (Å²) in [6, 6.07) is 8.11. The number of halogens is 1. The fourth-order valence-corrected chi connectivity index (χ4v) is 2.64. The Bertz CT molecular complexity index is 397. The second-order valence-electron chi connectivity index (χ2n) is 4.21. The molecule has 0 N–H and O–H groups in total. The molecule has 2 heteroatoms. The third kappa shape index (κ3) is 3.47. The minimum absolute atomic E-state index is 0.612. The Labute approximate surface area is 106 Å². The monoisotopic (exact) mass is 250 g/mol. The molecule has 1 aliphatic rings. The Morgan fingerprint density at radius 1 is 1.19 bits per heavy atom. The molecule has 0 bridgehead atoms. The van der Waals surface area contributed by atoms with E-state index in [-0.39, 0.29) is 0 Å². The highest BCUT2D eigenvalue weighted by Crippen LogP contribution is 2.24. The van der Waals surface area contributed by atoms with Crippen molar-refractivity contribution in [2.45, 2.75) is 37.0 Å². The van der Waals surface area contributed by atoms with E-state index in [4.69, 9.17) is 10.7 Å². The fourth-order valence-electron chi connectivity index (χ4n) is 2.05. The molecule has 0 aliphatic heterocycles. The van der Waals surface area contributed by atoms with Crippen LogP contribution in [0.1, 0.15) is 37.7 Å². The van der Waals surface area contributed by atoms with Gasteiger partial charge in [0.25, 0.3) is 0 Å². The summed E-state index contributed by atoms with van der Waals surface area (Å²) in [6.07, 6.45) is 6.62. The van der Waals surface area contributed by atoms with Gasteiger partial charge in [0.15, 0.2) is 0 Å². The Hall–Kier alpha value is -0.580. The van der Waals surface area contributed by atoms with Gasteiger partial charge in [-0.3, -0.25) is 0 Å². The van der Waals surface area contributed by atoms with Gasteiger partial charge in [0.05, 0.1) is 0 Å². The first-order valence-corrected chi connectivity index (χ1v) is 7.43. The third-order valence-corrected chi connectivity index (χ3v) is 3.92. The van der Waals surface area contributed by atoms with E-state index in [2.05, 4.69) is 11.8 Å². The highest BCUT2D eigenvalue weighted by molar-refractivity contribution is 8.21. The molecular formula is C14H15ClS. The molecule has 0 unspecified atom stereocenters. The minimum Gasteiger partial charge on any atom is -0.0945 e. The molecule has 1 aromatic carbocycles. The molecule has 0 nitrogen and oxygen atoms in total. The van der Waals surface area contributed by atoms with Gasteiger partial charge in [-0.15, -0.1) is 0 Å². The lowest BCUT2D eigenvalue weighted by Crippen LogP contribution is -2.02. The van der Waals surface area contributed by atoms with Crippen LogP contribution >= 0.6 is 21.7 Å². The molecule has 16 heavy (non-hydrogen) atoms. The van der Waals surface area contributed by atoms with Crippen LogP contribution in [0.2, 0.25) is 0 Å². The van der Waals surface area contributed by atoms with Gasteiger partial charge in [0.2, 0.25) is 0 Å².